The molecule has 0 saturated carbocycles. The maximum atomic E-state index is 7.33. The molecule has 4 heteroatoms. The van der Waals surface area contributed by atoms with Gasteiger partial charge in [-0.25, -0.2) is 0 Å². The topological polar surface area (TPSA) is 67.7 Å². The predicted molar refractivity (Wildman–Crippen MR) is 57.5 cm³/mol. The Kier molecular flexibility index (Phi) is 3.68. The number of nitrogens with zero attached hydrogens (tertiary/aromatic N) is 2. The quantitative estimate of drug-likeness (QED) is 0.425. The molecule has 14 heavy (non-hydrogen) atoms. The number of hydrogen-bond donors (Lipinski definition) is 2. The number of aromatic nitrogens is 2. The Morgan fingerprint density at radius 1 is 1.57 bits per heavy atom. The summed E-state index contributed by atoms with van der Waals surface area (Å²) in [6, 6.07) is 0. The van der Waals surface area contributed by atoms with E-state index in [0.717, 1.165) is 24.2 Å². The summed E-state index contributed by atoms with van der Waals surface area (Å²) in [7, 11) is 0. The minimum atomic E-state index is 0.101. The second-order valence-electron chi connectivity index (χ2n) is 3.51. The third-order valence-electron chi connectivity index (χ3n) is 2.23. The Morgan fingerprint density at radius 3 is 2.79 bits per heavy atom. The summed E-state index contributed by atoms with van der Waals surface area (Å²) in [4.78, 5) is 0. The standard InChI is InChI=1S/C10H18N4/c1-3-4-5-6-14-7-9(10(11)12)8(2)13-14/h7H,3-6H2,1-2H3,(H3,11,12). The fourth-order valence-electron chi connectivity index (χ4n) is 1.42. The molecular formula is C10H18N4. The lowest BCUT2D eigenvalue weighted by molar-refractivity contribution is 0.550. The first kappa shape index (κ1) is 10.8. The molecule has 0 aliphatic rings. The Hall–Kier alpha value is -1.32. The number of hydrogen-bond acceptors (Lipinski definition) is 2. The highest BCUT2D eigenvalue weighted by Gasteiger charge is 2.06. The van der Waals surface area contributed by atoms with E-state index in [9.17, 15) is 0 Å². The van der Waals surface area contributed by atoms with Crippen molar-refractivity contribution in [3.8, 4) is 0 Å². The van der Waals surface area contributed by atoms with Gasteiger partial charge in [0, 0.05) is 12.7 Å². The van der Waals surface area contributed by atoms with Crippen LogP contribution in [0.1, 0.15) is 37.4 Å². The van der Waals surface area contributed by atoms with Crippen molar-refractivity contribution in [3.63, 3.8) is 0 Å². The Bertz CT molecular complexity index is 314. The first-order valence-corrected chi connectivity index (χ1v) is 5.03. The first-order valence-electron chi connectivity index (χ1n) is 5.03. The van der Waals surface area contributed by atoms with Crippen LogP contribution in [0.2, 0.25) is 0 Å². The highest BCUT2D eigenvalue weighted by Crippen LogP contribution is 2.06. The van der Waals surface area contributed by atoms with Crippen LogP contribution in [0.4, 0.5) is 0 Å². The Balaban J connectivity index is 2.62. The zero-order chi connectivity index (χ0) is 10.6. The second kappa shape index (κ2) is 4.79. The van der Waals surface area contributed by atoms with E-state index >= 15 is 0 Å². The summed E-state index contributed by atoms with van der Waals surface area (Å²) in [5, 5.41) is 11.6. The van der Waals surface area contributed by atoms with Crippen LogP contribution >= 0.6 is 0 Å². The first-order chi connectivity index (χ1) is 6.65. The van der Waals surface area contributed by atoms with Crippen molar-refractivity contribution in [3.05, 3.63) is 17.5 Å². The van der Waals surface area contributed by atoms with E-state index in [2.05, 4.69) is 12.0 Å². The van der Waals surface area contributed by atoms with E-state index in [0.29, 0.717) is 0 Å². The lowest BCUT2D eigenvalue weighted by atomic mass is 10.2. The fraction of sp³-hybridized carbons (Fsp3) is 0.600. The molecule has 0 spiro atoms. The summed E-state index contributed by atoms with van der Waals surface area (Å²) in [5.41, 5.74) is 7.01. The van der Waals surface area contributed by atoms with Gasteiger partial charge < -0.3 is 5.73 Å². The zero-order valence-electron chi connectivity index (χ0n) is 8.88. The second-order valence-corrected chi connectivity index (χ2v) is 3.51. The Morgan fingerprint density at radius 2 is 2.29 bits per heavy atom. The molecule has 0 aliphatic carbocycles. The number of nitrogens with one attached hydrogen (secondary N) is 1. The van der Waals surface area contributed by atoms with Gasteiger partial charge in [-0.2, -0.15) is 5.10 Å². The number of rotatable bonds is 5. The van der Waals surface area contributed by atoms with Crippen molar-refractivity contribution < 1.29 is 0 Å². The molecule has 0 fully saturated rings. The van der Waals surface area contributed by atoms with Gasteiger partial charge in [0.1, 0.15) is 5.84 Å². The predicted octanol–water partition coefficient (Wildman–Crippen LogP) is 1.67. The van der Waals surface area contributed by atoms with Crippen LogP contribution in [0, 0.1) is 12.3 Å². The number of nitrogens with two attached hydrogens (primary N) is 1. The van der Waals surface area contributed by atoms with Crippen LogP contribution in [0.25, 0.3) is 0 Å². The van der Waals surface area contributed by atoms with Crippen LogP contribution < -0.4 is 5.73 Å². The highest BCUT2D eigenvalue weighted by atomic mass is 15.3. The summed E-state index contributed by atoms with van der Waals surface area (Å²) in [5.74, 6) is 0.101. The molecule has 0 atom stereocenters. The number of aryl methyl sites for hydroxylation is 2. The molecule has 0 radical (unpaired) electrons. The SMILES string of the molecule is CCCCCn1cc(C(=N)N)c(C)n1. The fourth-order valence-corrected chi connectivity index (χ4v) is 1.42. The molecule has 0 aromatic carbocycles. The molecular weight excluding hydrogens is 176 g/mol. The molecule has 0 amide bonds. The van der Waals surface area contributed by atoms with Gasteiger partial charge in [-0.15, -0.1) is 0 Å². The van der Waals surface area contributed by atoms with E-state index in [1.54, 1.807) is 0 Å². The van der Waals surface area contributed by atoms with Gasteiger partial charge in [0.25, 0.3) is 0 Å². The van der Waals surface area contributed by atoms with E-state index in [4.69, 9.17) is 11.1 Å². The van der Waals surface area contributed by atoms with E-state index in [-0.39, 0.29) is 5.84 Å². The maximum absolute atomic E-state index is 7.33. The number of unbranched alkanes of at least 4 members (excludes halogenated alkanes) is 2. The van der Waals surface area contributed by atoms with E-state index < -0.39 is 0 Å². The van der Waals surface area contributed by atoms with Gasteiger partial charge in [0.2, 0.25) is 0 Å². The van der Waals surface area contributed by atoms with Gasteiger partial charge >= 0.3 is 0 Å². The lowest BCUT2D eigenvalue weighted by Gasteiger charge is -1.98. The molecule has 78 valence electrons. The van der Waals surface area contributed by atoms with Gasteiger partial charge in [-0.05, 0) is 13.3 Å². The summed E-state index contributed by atoms with van der Waals surface area (Å²) >= 11 is 0. The molecule has 0 bridgehead atoms. The van der Waals surface area contributed by atoms with E-state index in [1.807, 2.05) is 17.8 Å². The smallest absolute Gasteiger partial charge is 0.126 e. The number of nitrogen functional groups attached to an aromatic ring is 1. The summed E-state index contributed by atoms with van der Waals surface area (Å²) in [6.45, 7) is 4.98. The summed E-state index contributed by atoms with van der Waals surface area (Å²) in [6.07, 6.45) is 5.41. The van der Waals surface area contributed by atoms with Crippen molar-refractivity contribution in [2.24, 2.45) is 5.73 Å². The molecule has 0 unspecified atom stereocenters. The minimum Gasteiger partial charge on any atom is -0.384 e. The molecule has 4 nitrogen and oxygen atoms in total. The average Bonchev–Trinajstić information content (AvgIpc) is 2.47. The zero-order valence-corrected chi connectivity index (χ0v) is 8.88. The van der Waals surface area contributed by atoms with Crippen molar-refractivity contribution in [2.45, 2.75) is 39.7 Å². The normalized spacial score (nSPS) is 10.4. The highest BCUT2D eigenvalue weighted by molar-refractivity contribution is 5.95. The average molecular weight is 194 g/mol. The van der Waals surface area contributed by atoms with Crippen LogP contribution in [0.3, 0.4) is 0 Å². The van der Waals surface area contributed by atoms with Gasteiger partial charge in [0.05, 0.1) is 11.3 Å². The van der Waals surface area contributed by atoms with Crippen molar-refractivity contribution in [1.82, 2.24) is 9.78 Å². The van der Waals surface area contributed by atoms with Gasteiger partial charge in [-0.1, -0.05) is 19.8 Å². The Labute approximate surface area is 84.6 Å². The molecule has 1 rings (SSSR count). The van der Waals surface area contributed by atoms with Crippen molar-refractivity contribution >= 4 is 5.84 Å². The molecule has 1 aromatic rings. The van der Waals surface area contributed by atoms with Crippen LogP contribution in [-0.2, 0) is 6.54 Å². The van der Waals surface area contributed by atoms with Crippen LogP contribution in [0.5, 0.6) is 0 Å². The van der Waals surface area contributed by atoms with Crippen molar-refractivity contribution in [2.75, 3.05) is 0 Å². The van der Waals surface area contributed by atoms with Gasteiger partial charge in [-0.3, -0.25) is 10.1 Å². The molecule has 0 saturated heterocycles. The molecule has 3 N–H and O–H groups in total. The largest absolute Gasteiger partial charge is 0.384 e. The van der Waals surface area contributed by atoms with E-state index in [1.165, 1.54) is 12.8 Å². The molecule has 1 aromatic heterocycles. The molecule has 0 aliphatic heterocycles. The summed E-state index contributed by atoms with van der Waals surface area (Å²) < 4.78 is 1.88. The van der Waals surface area contributed by atoms with Crippen LogP contribution in [-0.4, -0.2) is 15.6 Å². The lowest BCUT2D eigenvalue weighted by Crippen LogP contribution is -2.11. The minimum absolute atomic E-state index is 0.101. The third kappa shape index (κ3) is 2.58. The molecule has 1 heterocycles. The third-order valence-corrected chi connectivity index (χ3v) is 2.23. The number of amidine groups is 1. The van der Waals surface area contributed by atoms with Crippen LogP contribution in [0.15, 0.2) is 6.20 Å². The van der Waals surface area contributed by atoms with Gasteiger partial charge in [0.15, 0.2) is 0 Å². The van der Waals surface area contributed by atoms with Crippen molar-refractivity contribution in [1.29, 1.82) is 5.41 Å². The maximum Gasteiger partial charge on any atom is 0.126 e. The monoisotopic (exact) mass is 194 g/mol.